The minimum absolute atomic E-state index is 0. The third kappa shape index (κ3) is 15.1. The second-order valence-corrected chi connectivity index (χ2v) is 24.1. The second-order valence-electron chi connectivity index (χ2n) is 24.1. The number of hydrogen-bond acceptors (Lipinski definition) is 12. The lowest BCUT2D eigenvalue weighted by atomic mass is 9.82. The number of anilines is 2. The van der Waals surface area contributed by atoms with E-state index in [2.05, 4.69) is 68.6 Å². The molecule has 0 radical (unpaired) electrons. The first kappa shape index (κ1) is 65.7. The summed E-state index contributed by atoms with van der Waals surface area (Å²) < 4.78 is 39.3. The number of carbonyl (C=O) groups is 4. The number of morpholine rings is 2. The van der Waals surface area contributed by atoms with Crippen molar-refractivity contribution in [2.75, 3.05) is 128 Å². The molecule has 6 aliphatic rings. The van der Waals surface area contributed by atoms with Gasteiger partial charge in [-0.2, -0.15) is 0 Å². The van der Waals surface area contributed by atoms with Gasteiger partial charge in [-0.15, -0.1) is 37.2 Å². The van der Waals surface area contributed by atoms with Crippen LogP contribution < -0.4 is 31.1 Å². The first-order valence-corrected chi connectivity index (χ1v) is 29.0. The number of piperazine rings is 2. The maximum atomic E-state index is 14.8. The van der Waals surface area contributed by atoms with Crippen molar-refractivity contribution in [2.24, 2.45) is 0 Å². The van der Waals surface area contributed by atoms with Crippen LogP contribution in [0.25, 0.3) is 0 Å². The number of rotatable bonds is 17. The standard InChI is InChI=1S/C62H82F2N10O6.3ClH/c1-41-31-71(51(29-67-41)33-69-21-23-79-37-43(69)3)35-57(75)73-39-61(5,53-17-11-47(27-55(53)73)25-45-7-13-49(63)14-8-45)59(77)65-19-20-66-60(78)62(6)40-74(56-28-48(12-18-54(56)62)26-46-9-15-50(64)16-10-46)58(76)36-72-32-42(2)68-30-52(72)34-70-22-24-80-38-44(70)4;;;/h7-18,27-28,41-44,51-52,67-68H,19-26,29-40H2,1-6H3,(H,65,77)(H,66,78);3*1H/t41-,42-,43-,44-,51-,52-,61+,62+;;;/m1.../s1. The molecule has 4 aromatic carbocycles. The third-order valence-corrected chi connectivity index (χ3v) is 17.8. The number of amides is 4. The third-order valence-electron chi connectivity index (χ3n) is 17.8. The van der Waals surface area contributed by atoms with E-state index in [0.717, 1.165) is 72.6 Å². The molecule has 21 heteroatoms. The molecule has 10 rings (SSSR count). The van der Waals surface area contributed by atoms with Gasteiger partial charge in [0.2, 0.25) is 23.6 Å². The van der Waals surface area contributed by atoms with E-state index < -0.39 is 10.8 Å². The van der Waals surface area contributed by atoms with Gasteiger partial charge in [0.15, 0.2) is 0 Å². The van der Waals surface area contributed by atoms with E-state index in [1.165, 1.54) is 24.3 Å². The largest absolute Gasteiger partial charge is 0.379 e. The number of nitrogens with one attached hydrogen (secondary N) is 4. The topological polar surface area (TPSA) is 154 Å². The zero-order chi connectivity index (χ0) is 56.3. The zero-order valence-corrected chi connectivity index (χ0v) is 51.3. The van der Waals surface area contributed by atoms with E-state index in [-0.39, 0.29) is 148 Å². The molecule has 4 saturated heterocycles. The van der Waals surface area contributed by atoms with Crippen molar-refractivity contribution in [1.82, 2.24) is 40.9 Å². The van der Waals surface area contributed by atoms with Gasteiger partial charge in [-0.25, -0.2) is 8.78 Å². The Labute approximate surface area is 507 Å². The number of nitrogens with zero attached hydrogens (tertiary/aromatic N) is 6. The minimum atomic E-state index is -1.12. The fraction of sp³-hybridized carbons (Fsp3) is 0.548. The lowest BCUT2D eigenvalue weighted by Gasteiger charge is -2.43. The highest BCUT2D eigenvalue weighted by Gasteiger charge is 2.49. The number of ether oxygens (including phenoxy) is 2. The Bertz CT molecular complexity index is 2690. The van der Waals surface area contributed by atoms with Gasteiger partial charge in [0.1, 0.15) is 11.6 Å². The average molecular weight is 1210 g/mol. The molecule has 6 aliphatic heterocycles. The average Bonchev–Trinajstić information content (AvgIpc) is 4.10. The fourth-order valence-corrected chi connectivity index (χ4v) is 12.9. The van der Waals surface area contributed by atoms with Crippen LogP contribution in [0.4, 0.5) is 20.2 Å². The maximum absolute atomic E-state index is 14.8. The molecule has 16 nitrogen and oxygen atoms in total. The monoisotopic (exact) mass is 1210 g/mol. The molecule has 4 aromatic rings. The fourth-order valence-electron chi connectivity index (χ4n) is 12.9. The summed E-state index contributed by atoms with van der Waals surface area (Å²) in [6.07, 6.45) is 1.04. The van der Waals surface area contributed by atoms with Crippen LogP contribution in [0.1, 0.15) is 74.9 Å². The Balaban J connectivity index is 0.00000330. The summed E-state index contributed by atoms with van der Waals surface area (Å²) in [4.78, 5) is 72.0. The predicted molar refractivity (Wildman–Crippen MR) is 328 cm³/mol. The van der Waals surface area contributed by atoms with E-state index in [0.29, 0.717) is 63.7 Å². The Morgan fingerprint density at radius 3 is 1.30 bits per heavy atom. The van der Waals surface area contributed by atoms with Gasteiger partial charge in [-0.1, -0.05) is 48.5 Å². The lowest BCUT2D eigenvalue weighted by Crippen LogP contribution is -2.62. The van der Waals surface area contributed by atoms with Crippen LogP contribution in [0, 0.1) is 11.6 Å². The molecule has 0 bridgehead atoms. The zero-order valence-electron chi connectivity index (χ0n) is 48.8. The molecule has 83 heavy (non-hydrogen) atoms. The van der Waals surface area contributed by atoms with Crippen molar-refractivity contribution in [3.8, 4) is 0 Å². The maximum Gasteiger partial charge on any atom is 0.241 e. The van der Waals surface area contributed by atoms with E-state index in [4.69, 9.17) is 9.47 Å². The first-order valence-electron chi connectivity index (χ1n) is 29.0. The van der Waals surface area contributed by atoms with Crippen molar-refractivity contribution >= 4 is 72.2 Å². The molecule has 0 aliphatic carbocycles. The molecule has 4 amide bonds. The molecule has 0 saturated carbocycles. The quantitative estimate of drug-likeness (QED) is 0.101. The van der Waals surface area contributed by atoms with E-state index in [9.17, 15) is 28.0 Å². The van der Waals surface area contributed by atoms with Crippen LogP contribution in [0.5, 0.6) is 0 Å². The van der Waals surface area contributed by atoms with Crippen molar-refractivity contribution in [1.29, 1.82) is 0 Å². The van der Waals surface area contributed by atoms with Gasteiger partial charge in [0.25, 0.3) is 0 Å². The van der Waals surface area contributed by atoms with Crippen LogP contribution in [-0.2, 0) is 52.3 Å². The molecule has 6 heterocycles. The summed E-state index contributed by atoms with van der Waals surface area (Å²) in [6.45, 7) is 22.2. The van der Waals surface area contributed by atoms with E-state index >= 15 is 0 Å². The minimum Gasteiger partial charge on any atom is -0.379 e. The predicted octanol–water partition coefficient (Wildman–Crippen LogP) is 5.32. The highest BCUT2D eigenvalue weighted by Crippen LogP contribution is 2.44. The summed E-state index contributed by atoms with van der Waals surface area (Å²) in [6, 6.07) is 25.8. The Hall–Kier alpha value is -4.83. The number of hydrogen-bond donors (Lipinski definition) is 4. The van der Waals surface area contributed by atoms with E-state index in [1.807, 2.05) is 50.2 Å². The van der Waals surface area contributed by atoms with Gasteiger partial charge in [-0.05, 0) is 124 Å². The van der Waals surface area contributed by atoms with Crippen molar-refractivity contribution in [3.63, 3.8) is 0 Å². The first-order chi connectivity index (χ1) is 38.4. The highest BCUT2D eigenvalue weighted by molar-refractivity contribution is 6.04. The molecule has 454 valence electrons. The molecule has 0 aromatic heterocycles. The Morgan fingerprint density at radius 2 is 0.928 bits per heavy atom. The highest BCUT2D eigenvalue weighted by atomic mass is 35.5. The molecule has 4 N–H and O–H groups in total. The normalized spacial score (nSPS) is 26.7. The van der Waals surface area contributed by atoms with Crippen LogP contribution >= 0.6 is 37.2 Å². The van der Waals surface area contributed by atoms with Crippen molar-refractivity contribution < 1.29 is 37.4 Å². The summed E-state index contributed by atoms with van der Waals surface area (Å²) in [5, 5.41) is 13.5. The molecule has 0 spiro atoms. The van der Waals surface area contributed by atoms with Crippen LogP contribution in [0.15, 0.2) is 84.9 Å². The summed E-state index contributed by atoms with van der Waals surface area (Å²) in [7, 11) is 0. The number of carbonyl (C=O) groups excluding carboxylic acids is 4. The smallest absolute Gasteiger partial charge is 0.241 e. The summed E-state index contributed by atoms with van der Waals surface area (Å²) in [5.74, 6) is -1.33. The van der Waals surface area contributed by atoms with Gasteiger partial charge >= 0.3 is 0 Å². The molecule has 8 atom stereocenters. The summed E-state index contributed by atoms with van der Waals surface area (Å²) in [5.41, 5.74) is 4.32. The SMILES string of the molecule is C[C@@H]1CN(CC(=O)N2C[C@](C)(C(=O)NCCNC(=O)[C@@]3(C)CN(C(=O)CN4C[C@@H](C)NC[C@@H]4CN4CCOC[C@H]4C)c4cc(Cc5ccc(F)cc5)ccc43)c3ccc(Cc4ccc(F)cc4)cc32)[C@@H](CN2CCOC[C@H]2C)CN1.Cl.Cl.Cl. The van der Waals surface area contributed by atoms with E-state index in [1.54, 1.807) is 34.1 Å². The Kier molecular flexibility index (Phi) is 22.6. The van der Waals surface area contributed by atoms with Gasteiger partial charge in [0, 0.05) is 126 Å². The molecular formula is C62H85Cl3F2N10O6. The van der Waals surface area contributed by atoms with Gasteiger partial charge in [0.05, 0.1) is 50.3 Å². The second kappa shape index (κ2) is 28.6. The van der Waals surface area contributed by atoms with Gasteiger partial charge < -0.3 is 40.5 Å². The van der Waals surface area contributed by atoms with Crippen molar-refractivity contribution in [3.05, 3.63) is 130 Å². The molecular weight excluding hydrogens is 1130 g/mol. The molecule has 4 fully saturated rings. The van der Waals surface area contributed by atoms with Gasteiger partial charge in [-0.3, -0.25) is 38.8 Å². The lowest BCUT2D eigenvalue weighted by molar-refractivity contribution is -0.128. The number of benzene rings is 4. The Morgan fingerprint density at radius 1 is 0.554 bits per heavy atom. The number of halogens is 5. The van der Waals surface area contributed by atoms with Crippen LogP contribution in [0.3, 0.4) is 0 Å². The number of fused-ring (bicyclic) bond motifs is 2. The molecule has 0 unspecified atom stereocenters. The van der Waals surface area contributed by atoms with Crippen molar-refractivity contribution in [2.45, 2.75) is 101 Å². The summed E-state index contributed by atoms with van der Waals surface area (Å²) >= 11 is 0. The van der Waals surface area contributed by atoms with Crippen LogP contribution in [0.2, 0.25) is 0 Å². The van der Waals surface area contributed by atoms with Crippen LogP contribution in [-0.4, -0.2) is 198 Å².